The van der Waals surface area contributed by atoms with Gasteiger partial charge in [-0.05, 0) is 32.1 Å². The molecule has 0 aliphatic carbocycles. The minimum absolute atomic E-state index is 0.334. The molecule has 1 atom stereocenters. The molecule has 1 aliphatic heterocycles. The van der Waals surface area contributed by atoms with Crippen LogP contribution in [-0.4, -0.2) is 37.0 Å². The molecule has 1 saturated heterocycles. The third-order valence-electron chi connectivity index (χ3n) is 2.73. The van der Waals surface area contributed by atoms with Crippen LogP contribution in [0.3, 0.4) is 0 Å². The van der Waals surface area contributed by atoms with E-state index in [4.69, 9.17) is 5.73 Å². The number of rotatable bonds is 2. The number of benzene rings is 1. The van der Waals surface area contributed by atoms with E-state index in [1.165, 1.54) is 0 Å². The van der Waals surface area contributed by atoms with E-state index in [-0.39, 0.29) is 0 Å². The number of likely N-dealkylation sites (tertiary alicyclic amines) is 1. The highest BCUT2D eigenvalue weighted by Gasteiger charge is 2.18. The third-order valence-corrected chi connectivity index (χ3v) is 2.73. The summed E-state index contributed by atoms with van der Waals surface area (Å²) < 4.78 is 0. The van der Waals surface area contributed by atoms with Crippen molar-refractivity contribution < 1.29 is 0 Å². The molecule has 0 bridgehead atoms. The monoisotopic (exact) mass is 218 g/mol. The summed E-state index contributed by atoms with van der Waals surface area (Å²) in [6.07, 6.45) is 1.09. The van der Waals surface area contributed by atoms with Crippen molar-refractivity contribution in [2.75, 3.05) is 25.5 Å². The standard InChI is InChI=1S/C12H18N4/c1-16-8-7-11(9-16)15-12(13)14-10-5-3-2-4-6-10/h2-6,11H,7-9H2,1H3,(H3,13,14,15). The molecule has 1 fully saturated rings. The first-order chi connectivity index (χ1) is 7.74. The van der Waals surface area contributed by atoms with Crippen molar-refractivity contribution in [2.24, 2.45) is 10.7 Å². The number of nitrogens with zero attached hydrogens (tertiary/aromatic N) is 2. The Balaban J connectivity index is 1.92. The first kappa shape index (κ1) is 11.0. The largest absolute Gasteiger partial charge is 0.370 e. The molecule has 0 spiro atoms. The Bertz CT molecular complexity index is 361. The number of aliphatic imine (C=N–C) groups is 1. The maximum Gasteiger partial charge on any atom is 0.193 e. The Hall–Kier alpha value is -1.55. The molecule has 4 nitrogen and oxygen atoms in total. The second-order valence-electron chi connectivity index (χ2n) is 4.21. The van der Waals surface area contributed by atoms with Gasteiger partial charge in [-0.2, -0.15) is 0 Å². The summed E-state index contributed by atoms with van der Waals surface area (Å²) >= 11 is 0. The zero-order valence-corrected chi connectivity index (χ0v) is 9.56. The molecule has 86 valence electrons. The van der Waals surface area contributed by atoms with Gasteiger partial charge in [-0.3, -0.25) is 0 Å². The van der Waals surface area contributed by atoms with E-state index in [1.807, 2.05) is 30.3 Å². The minimum Gasteiger partial charge on any atom is -0.370 e. The van der Waals surface area contributed by atoms with E-state index in [9.17, 15) is 0 Å². The molecule has 1 heterocycles. The number of hydrogen-bond acceptors (Lipinski definition) is 2. The molecular formula is C12H18N4. The molecule has 2 rings (SSSR count). The van der Waals surface area contributed by atoms with Crippen LogP contribution in [0.4, 0.5) is 5.69 Å². The fourth-order valence-electron chi connectivity index (χ4n) is 1.92. The van der Waals surface area contributed by atoms with Crippen LogP contribution in [-0.2, 0) is 0 Å². The summed E-state index contributed by atoms with van der Waals surface area (Å²) in [4.78, 5) is 6.73. The van der Waals surface area contributed by atoms with Gasteiger partial charge in [0.2, 0.25) is 0 Å². The molecule has 1 aliphatic rings. The van der Waals surface area contributed by atoms with Crippen LogP contribution in [0.1, 0.15) is 6.42 Å². The smallest absolute Gasteiger partial charge is 0.193 e. The maximum absolute atomic E-state index is 5.85. The van der Waals surface area contributed by atoms with E-state index in [0.717, 1.165) is 25.2 Å². The fourth-order valence-corrected chi connectivity index (χ4v) is 1.92. The molecule has 1 aromatic rings. The lowest BCUT2D eigenvalue weighted by Gasteiger charge is -2.09. The number of likely N-dealkylation sites (N-methyl/N-ethyl adjacent to an activating group) is 1. The van der Waals surface area contributed by atoms with Crippen molar-refractivity contribution in [1.29, 1.82) is 0 Å². The van der Waals surface area contributed by atoms with Gasteiger partial charge in [0.1, 0.15) is 0 Å². The van der Waals surface area contributed by atoms with E-state index in [2.05, 4.69) is 22.3 Å². The highest BCUT2D eigenvalue weighted by atomic mass is 15.2. The summed E-state index contributed by atoms with van der Waals surface area (Å²) in [5.74, 6) is 0.506. The summed E-state index contributed by atoms with van der Waals surface area (Å²) in [6, 6.07) is 10.2. The van der Waals surface area contributed by atoms with Crippen LogP contribution in [0.5, 0.6) is 0 Å². The lowest BCUT2D eigenvalue weighted by molar-refractivity contribution is 0.411. The van der Waals surface area contributed by atoms with Gasteiger partial charge in [-0.15, -0.1) is 0 Å². The van der Waals surface area contributed by atoms with E-state index in [0.29, 0.717) is 12.0 Å². The molecule has 0 saturated carbocycles. The SMILES string of the molecule is CN1CCC(N=C(N)Nc2ccccc2)C1. The van der Waals surface area contributed by atoms with Gasteiger partial charge in [0, 0.05) is 12.2 Å². The van der Waals surface area contributed by atoms with Crippen LogP contribution in [0.25, 0.3) is 0 Å². The summed E-state index contributed by atoms with van der Waals surface area (Å²) in [7, 11) is 2.11. The Morgan fingerprint density at radius 1 is 1.44 bits per heavy atom. The fraction of sp³-hybridized carbons (Fsp3) is 0.417. The molecule has 4 heteroatoms. The zero-order valence-electron chi connectivity index (χ0n) is 9.56. The average molecular weight is 218 g/mol. The van der Waals surface area contributed by atoms with Crippen molar-refractivity contribution in [2.45, 2.75) is 12.5 Å². The zero-order chi connectivity index (χ0) is 11.4. The van der Waals surface area contributed by atoms with E-state index in [1.54, 1.807) is 0 Å². The molecule has 16 heavy (non-hydrogen) atoms. The highest BCUT2D eigenvalue weighted by molar-refractivity contribution is 5.92. The lowest BCUT2D eigenvalue weighted by Crippen LogP contribution is -2.26. The molecule has 1 unspecified atom stereocenters. The Labute approximate surface area is 96.2 Å². The summed E-state index contributed by atoms with van der Waals surface area (Å²) in [6.45, 7) is 2.10. The second-order valence-corrected chi connectivity index (χ2v) is 4.21. The predicted octanol–water partition coefficient (Wildman–Crippen LogP) is 1.12. The van der Waals surface area contributed by atoms with Crippen LogP contribution < -0.4 is 11.1 Å². The topological polar surface area (TPSA) is 53.6 Å². The quantitative estimate of drug-likeness (QED) is 0.577. The maximum atomic E-state index is 5.85. The van der Waals surface area contributed by atoms with Gasteiger partial charge in [-0.1, -0.05) is 18.2 Å². The first-order valence-electron chi connectivity index (χ1n) is 5.58. The van der Waals surface area contributed by atoms with Crippen molar-refractivity contribution >= 4 is 11.6 Å². The van der Waals surface area contributed by atoms with Crippen LogP contribution >= 0.6 is 0 Å². The molecule has 1 aromatic carbocycles. The summed E-state index contributed by atoms with van der Waals surface area (Å²) in [5, 5.41) is 3.09. The number of guanidine groups is 1. The first-order valence-corrected chi connectivity index (χ1v) is 5.58. The van der Waals surface area contributed by atoms with E-state index >= 15 is 0 Å². The Morgan fingerprint density at radius 2 is 2.19 bits per heavy atom. The molecule has 0 aromatic heterocycles. The van der Waals surface area contributed by atoms with Crippen LogP contribution in [0, 0.1) is 0 Å². The highest BCUT2D eigenvalue weighted by Crippen LogP contribution is 2.10. The number of anilines is 1. The molecule has 3 N–H and O–H groups in total. The lowest BCUT2D eigenvalue weighted by atomic mass is 10.3. The van der Waals surface area contributed by atoms with Gasteiger partial charge in [0.15, 0.2) is 5.96 Å². The number of para-hydroxylation sites is 1. The third kappa shape index (κ3) is 2.97. The molecule has 0 amide bonds. The van der Waals surface area contributed by atoms with Gasteiger partial charge in [0.05, 0.1) is 6.04 Å². The van der Waals surface area contributed by atoms with Gasteiger partial charge < -0.3 is 16.0 Å². The van der Waals surface area contributed by atoms with Gasteiger partial charge in [-0.25, -0.2) is 4.99 Å². The minimum atomic E-state index is 0.334. The number of hydrogen-bond donors (Lipinski definition) is 2. The van der Waals surface area contributed by atoms with Crippen molar-refractivity contribution in [3.8, 4) is 0 Å². The van der Waals surface area contributed by atoms with Gasteiger partial charge in [0.25, 0.3) is 0 Å². The number of nitrogens with one attached hydrogen (secondary N) is 1. The second kappa shape index (κ2) is 4.99. The number of nitrogens with two attached hydrogens (primary N) is 1. The molecule has 0 radical (unpaired) electrons. The van der Waals surface area contributed by atoms with Crippen LogP contribution in [0.15, 0.2) is 35.3 Å². The van der Waals surface area contributed by atoms with E-state index < -0.39 is 0 Å². The van der Waals surface area contributed by atoms with Crippen molar-refractivity contribution in [1.82, 2.24) is 4.90 Å². The summed E-state index contributed by atoms with van der Waals surface area (Å²) in [5.41, 5.74) is 6.83. The normalized spacial score (nSPS) is 22.3. The van der Waals surface area contributed by atoms with Crippen molar-refractivity contribution in [3.63, 3.8) is 0 Å². The Morgan fingerprint density at radius 3 is 2.81 bits per heavy atom. The molecular weight excluding hydrogens is 200 g/mol. The average Bonchev–Trinajstić information content (AvgIpc) is 2.65. The van der Waals surface area contributed by atoms with Crippen molar-refractivity contribution in [3.05, 3.63) is 30.3 Å². The van der Waals surface area contributed by atoms with Crippen LogP contribution in [0.2, 0.25) is 0 Å². The van der Waals surface area contributed by atoms with Gasteiger partial charge >= 0.3 is 0 Å². The Kier molecular flexibility index (Phi) is 3.41. The predicted molar refractivity (Wildman–Crippen MR) is 67.6 cm³/mol.